The van der Waals surface area contributed by atoms with Gasteiger partial charge in [-0.2, -0.15) is 0 Å². The molecule has 2 aromatic heterocycles. The highest BCUT2D eigenvalue weighted by Gasteiger charge is 2.24. The number of halogens is 2. The predicted octanol–water partition coefficient (Wildman–Crippen LogP) is 5.82. The van der Waals surface area contributed by atoms with Crippen LogP contribution in [0.25, 0.3) is 10.7 Å². The largest absolute Gasteiger partial charge is 0.369 e. The van der Waals surface area contributed by atoms with Crippen molar-refractivity contribution in [1.82, 2.24) is 9.97 Å². The molecule has 0 aliphatic heterocycles. The van der Waals surface area contributed by atoms with Crippen molar-refractivity contribution >= 4 is 49.0 Å². The average molecular weight is 431 g/mol. The summed E-state index contributed by atoms with van der Waals surface area (Å²) < 4.78 is 2.12. The van der Waals surface area contributed by atoms with Crippen molar-refractivity contribution in [3.05, 3.63) is 26.1 Å². The lowest BCUT2D eigenvalue weighted by atomic mass is 10.0. The van der Waals surface area contributed by atoms with E-state index >= 15 is 0 Å². The summed E-state index contributed by atoms with van der Waals surface area (Å²) in [7, 11) is 0. The van der Waals surface area contributed by atoms with Crippen LogP contribution in [0.5, 0.6) is 0 Å². The Labute approximate surface area is 145 Å². The normalized spacial score (nSPS) is 15.6. The number of anilines is 1. The van der Waals surface area contributed by atoms with Gasteiger partial charge >= 0.3 is 0 Å². The van der Waals surface area contributed by atoms with Crippen molar-refractivity contribution in [1.29, 1.82) is 0 Å². The number of hydrogen-bond donors (Lipinski definition) is 1. The summed E-state index contributed by atoms with van der Waals surface area (Å²) in [6, 6.07) is 2.09. The van der Waals surface area contributed by atoms with Gasteiger partial charge in [-0.3, -0.25) is 0 Å². The van der Waals surface area contributed by atoms with Crippen LogP contribution in [-0.2, 0) is 0 Å². The van der Waals surface area contributed by atoms with Gasteiger partial charge in [0.1, 0.15) is 5.82 Å². The first-order chi connectivity index (χ1) is 10.2. The quantitative estimate of drug-likeness (QED) is 0.663. The molecule has 0 bridgehead atoms. The Morgan fingerprint density at radius 3 is 2.67 bits per heavy atom. The van der Waals surface area contributed by atoms with Crippen molar-refractivity contribution in [2.75, 3.05) is 11.9 Å². The maximum Gasteiger partial charge on any atom is 0.171 e. The van der Waals surface area contributed by atoms with Gasteiger partial charge in [0.05, 0.1) is 15.0 Å². The highest BCUT2D eigenvalue weighted by molar-refractivity contribution is 9.11. The van der Waals surface area contributed by atoms with E-state index in [9.17, 15) is 0 Å². The summed E-state index contributed by atoms with van der Waals surface area (Å²) in [5, 5.41) is 5.42. The Bertz CT molecular complexity index is 636. The number of nitrogens with zero attached hydrogens (tertiary/aromatic N) is 2. The van der Waals surface area contributed by atoms with Crippen LogP contribution in [0.1, 0.15) is 44.2 Å². The first-order valence-corrected chi connectivity index (χ1v) is 9.71. The van der Waals surface area contributed by atoms with E-state index in [1.807, 2.05) is 0 Å². The summed E-state index contributed by atoms with van der Waals surface area (Å²) in [6.07, 6.45) is 5.07. The SMILES string of the molecule is CCNc1nc(-c2cc(Br)cs2)nc(C2CCCC2)c1Br. The molecular weight excluding hydrogens is 414 g/mol. The molecular formula is C15H17Br2N3S. The molecule has 6 heteroatoms. The Morgan fingerprint density at radius 1 is 1.29 bits per heavy atom. The fourth-order valence-electron chi connectivity index (χ4n) is 2.76. The standard InChI is InChI=1S/C15H17Br2N3S/c1-2-18-15-12(17)13(9-5-3-4-6-9)19-14(20-15)11-7-10(16)8-21-11/h7-9H,2-6H2,1H3,(H,18,19,20). The second-order valence-electron chi connectivity index (χ2n) is 5.24. The lowest BCUT2D eigenvalue weighted by molar-refractivity contribution is 0.691. The molecule has 1 saturated carbocycles. The minimum atomic E-state index is 0.557. The molecule has 0 amide bonds. The number of aromatic nitrogens is 2. The van der Waals surface area contributed by atoms with Gasteiger partial charge in [-0.25, -0.2) is 9.97 Å². The Hall–Kier alpha value is -0.460. The molecule has 21 heavy (non-hydrogen) atoms. The van der Waals surface area contributed by atoms with Gasteiger partial charge in [-0.15, -0.1) is 11.3 Å². The van der Waals surface area contributed by atoms with Gasteiger partial charge in [0, 0.05) is 22.3 Å². The predicted molar refractivity (Wildman–Crippen MR) is 96.1 cm³/mol. The first kappa shape index (κ1) is 15.4. The van der Waals surface area contributed by atoms with Crippen LogP contribution in [0.4, 0.5) is 5.82 Å². The molecule has 2 aromatic rings. The van der Waals surface area contributed by atoms with Crippen LogP contribution >= 0.6 is 43.2 Å². The molecule has 2 heterocycles. The summed E-state index contributed by atoms with van der Waals surface area (Å²) in [4.78, 5) is 10.7. The van der Waals surface area contributed by atoms with Crippen LogP contribution in [0.2, 0.25) is 0 Å². The van der Waals surface area contributed by atoms with Crippen LogP contribution in [0, 0.1) is 0 Å². The average Bonchev–Trinajstić information content (AvgIpc) is 3.12. The zero-order valence-corrected chi connectivity index (χ0v) is 15.8. The summed E-state index contributed by atoms with van der Waals surface area (Å²) in [5.41, 5.74) is 1.16. The van der Waals surface area contributed by atoms with Gasteiger partial charge in [-0.05, 0) is 57.7 Å². The molecule has 3 nitrogen and oxygen atoms in total. The van der Waals surface area contributed by atoms with Crippen LogP contribution in [0.15, 0.2) is 20.4 Å². The molecule has 0 unspecified atom stereocenters. The van der Waals surface area contributed by atoms with E-state index in [1.165, 1.54) is 25.7 Å². The van der Waals surface area contributed by atoms with Crippen LogP contribution < -0.4 is 5.32 Å². The lowest BCUT2D eigenvalue weighted by Gasteiger charge is -2.15. The maximum absolute atomic E-state index is 4.87. The van der Waals surface area contributed by atoms with E-state index in [2.05, 4.69) is 55.5 Å². The van der Waals surface area contributed by atoms with Gasteiger partial charge in [-0.1, -0.05) is 12.8 Å². The molecule has 112 valence electrons. The Kier molecular flexibility index (Phi) is 4.96. The van der Waals surface area contributed by atoms with E-state index in [-0.39, 0.29) is 0 Å². The molecule has 1 aliphatic carbocycles. The third-order valence-electron chi connectivity index (χ3n) is 3.75. The molecule has 0 atom stereocenters. The molecule has 1 aliphatic rings. The topological polar surface area (TPSA) is 37.8 Å². The Balaban J connectivity index is 2.07. The molecule has 0 saturated heterocycles. The van der Waals surface area contributed by atoms with E-state index in [4.69, 9.17) is 9.97 Å². The van der Waals surface area contributed by atoms with Crippen molar-refractivity contribution in [3.8, 4) is 10.7 Å². The Morgan fingerprint density at radius 2 is 2.05 bits per heavy atom. The highest BCUT2D eigenvalue weighted by Crippen LogP contribution is 2.40. The van der Waals surface area contributed by atoms with E-state index in [0.29, 0.717) is 5.92 Å². The van der Waals surface area contributed by atoms with Gasteiger partial charge in [0.25, 0.3) is 0 Å². The second kappa shape index (κ2) is 6.75. The summed E-state index contributed by atoms with van der Waals surface area (Å²) in [6.45, 7) is 2.94. The molecule has 0 spiro atoms. The van der Waals surface area contributed by atoms with Gasteiger partial charge in [0.15, 0.2) is 5.82 Å². The maximum atomic E-state index is 4.87. The molecule has 0 radical (unpaired) electrons. The fourth-order valence-corrected chi connectivity index (χ4v) is 4.76. The van der Waals surface area contributed by atoms with Gasteiger partial charge < -0.3 is 5.32 Å². The third kappa shape index (κ3) is 3.32. The fraction of sp³-hybridized carbons (Fsp3) is 0.467. The van der Waals surface area contributed by atoms with Gasteiger partial charge in [0.2, 0.25) is 0 Å². The van der Waals surface area contributed by atoms with Crippen LogP contribution in [-0.4, -0.2) is 16.5 Å². The summed E-state index contributed by atoms with van der Waals surface area (Å²) >= 11 is 8.89. The number of rotatable bonds is 4. The first-order valence-electron chi connectivity index (χ1n) is 7.24. The van der Waals surface area contributed by atoms with E-state index in [1.54, 1.807) is 11.3 Å². The van der Waals surface area contributed by atoms with E-state index < -0.39 is 0 Å². The molecule has 1 N–H and O–H groups in total. The van der Waals surface area contributed by atoms with Crippen molar-refractivity contribution < 1.29 is 0 Å². The molecule has 0 aromatic carbocycles. The number of nitrogens with one attached hydrogen (secondary N) is 1. The van der Waals surface area contributed by atoms with Crippen molar-refractivity contribution in [2.24, 2.45) is 0 Å². The van der Waals surface area contributed by atoms with Crippen molar-refractivity contribution in [2.45, 2.75) is 38.5 Å². The zero-order chi connectivity index (χ0) is 14.8. The van der Waals surface area contributed by atoms with E-state index in [0.717, 1.165) is 37.7 Å². The van der Waals surface area contributed by atoms with Crippen molar-refractivity contribution in [3.63, 3.8) is 0 Å². The highest BCUT2D eigenvalue weighted by atomic mass is 79.9. The second-order valence-corrected chi connectivity index (χ2v) is 7.86. The monoisotopic (exact) mass is 429 g/mol. The zero-order valence-electron chi connectivity index (χ0n) is 11.8. The number of hydrogen-bond acceptors (Lipinski definition) is 4. The third-order valence-corrected chi connectivity index (χ3v) is 6.22. The van der Waals surface area contributed by atoms with Crippen LogP contribution in [0.3, 0.4) is 0 Å². The molecule has 1 fully saturated rings. The smallest absolute Gasteiger partial charge is 0.171 e. The summed E-state index contributed by atoms with van der Waals surface area (Å²) in [5.74, 6) is 2.29. The lowest BCUT2D eigenvalue weighted by Crippen LogP contribution is -2.08. The minimum Gasteiger partial charge on any atom is -0.369 e. The number of thiophene rings is 1. The molecule has 3 rings (SSSR count). The minimum absolute atomic E-state index is 0.557.